The highest BCUT2D eigenvalue weighted by Gasteiger charge is 2.19. The van der Waals surface area contributed by atoms with Gasteiger partial charge < -0.3 is 9.80 Å². The summed E-state index contributed by atoms with van der Waals surface area (Å²) in [5, 5.41) is 0. The van der Waals surface area contributed by atoms with E-state index in [0.29, 0.717) is 6.54 Å². The van der Waals surface area contributed by atoms with Crippen LogP contribution in [-0.4, -0.2) is 58.1 Å². The zero-order valence-electron chi connectivity index (χ0n) is 11.7. The Bertz CT molecular complexity index is 483. The Hall–Kier alpha value is -1.56. The Morgan fingerprint density at radius 2 is 1.79 bits per heavy atom. The van der Waals surface area contributed by atoms with Gasteiger partial charge in [0.25, 0.3) is 0 Å². The molecule has 2 heterocycles. The van der Waals surface area contributed by atoms with Crippen LogP contribution in [0.1, 0.15) is 13.3 Å². The normalized spacial score (nSPS) is 16.8. The molecule has 0 aliphatic carbocycles. The number of hydrogen-bond donors (Lipinski definition) is 0. The number of hydrogen-bond acceptors (Lipinski definition) is 3. The lowest BCUT2D eigenvalue weighted by Gasteiger charge is -2.32. The van der Waals surface area contributed by atoms with E-state index in [0.717, 1.165) is 32.6 Å². The van der Waals surface area contributed by atoms with Crippen LogP contribution in [0.25, 0.3) is 0 Å². The average molecular weight is 266 g/mol. The predicted octanol–water partition coefficient (Wildman–Crippen LogP) is -0.166. The van der Waals surface area contributed by atoms with E-state index in [1.807, 2.05) is 11.8 Å². The first-order valence-electron chi connectivity index (χ1n) is 6.83. The number of carbonyl (C=O) groups excluding carboxylic acids is 1. The van der Waals surface area contributed by atoms with Crippen molar-refractivity contribution in [3.63, 3.8) is 0 Å². The van der Waals surface area contributed by atoms with Crippen LogP contribution < -0.4 is 5.69 Å². The van der Waals surface area contributed by atoms with Gasteiger partial charge in [0.1, 0.15) is 6.54 Å². The van der Waals surface area contributed by atoms with Crippen LogP contribution >= 0.6 is 0 Å². The third kappa shape index (κ3) is 3.26. The fourth-order valence-electron chi connectivity index (χ4n) is 2.29. The van der Waals surface area contributed by atoms with Crippen LogP contribution in [0.2, 0.25) is 0 Å². The van der Waals surface area contributed by atoms with Gasteiger partial charge in [0.2, 0.25) is 5.91 Å². The molecule has 0 N–H and O–H groups in total. The van der Waals surface area contributed by atoms with Crippen molar-refractivity contribution >= 4 is 5.91 Å². The molecule has 0 atom stereocenters. The maximum atomic E-state index is 12.1. The summed E-state index contributed by atoms with van der Waals surface area (Å²) in [6.07, 6.45) is 4.37. The number of nitrogens with zero attached hydrogens (tertiary/aromatic N) is 4. The Balaban J connectivity index is 1.97. The molecule has 0 aromatic carbocycles. The predicted molar refractivity (Wildman–Crippen MR) is 73.1 cm³/mol. The van der Waals surface area contributed by atoms with Gasteiger partial charge in [-0.05, 0) is 13.5 Å². The number of amides is 1. The van der Waals surface area contributed by atoms with E-state index in [-0.39, 0.29) is 18.1 Å². The van der Waals surface area contributed by atoms with Gasteiger partial charge in [-0.1, -0.05) is 6.92 Å². The summed E-state index contributed by atoms with van der Waals surface area (Å²) in [7, 11) is 2.05. The van der Waals surface area contributed by atoms with E-state index in [4.69, 9.17) is 0 Å². The summed E-state index contributed by atoms with van der Waals surface area (Å²) in [4.78, 5) is 28.1. The van der Waals surface area contributed by atoms with Gasteiger partial charge in [-0.25, -0.2) is 4.79 Å². The van der Waals surface area contributed by atoms with Crippen molar-refractivity contribution in [2.24, 2.45) is 0 Å². The standard InChI is InChI=1S/C13H22N4O2/c1-3-4-16-9-10-17(13(16)19)11-12(18)15-7-5-14(2)6-8-15/h9-10H,3-8,11H2,1-2H3. The van der Waals surface area contributed by atoms with Crippen LogP contribution in [-0.2, 0) is 17.9 Å². The molecule has 0 bridgehead atoms. The average Bonchev–Trinajstić information content (AvgIpc) is 2.73. The molecule has 1 fully saturated rings. The lowest BCUT2D eigenvalue weighted by molar-refractivity contribution is -0.133. The zero-order chi connectivity index (χ0) is 13.8. The Kier molecular flexibility index (Phi) is 4.42. The summed E-state index contributed by atoms with van der Waals surface area (Å²) in [6, 6.07) is 0. The first-order valence-corrected chi connectivity index (χ1v) is 6.83. The monoisotopic (exact) mass is 266 g/mol. The van der Waals surface area contributed by atoms with Gasteiger partial charge in [-0.3, -0.25) is 13.9 Å². The molecular formula is C13H22N4O2. The lowest BCUT2D eigenvalue weighted by Crippen LogP contribution is -2.48. The number of likely N-dealkylation sites (N-methyl/N-ethyl adjacent to an activating group) is 1. The number of imidazole rings is 1. The SMILES string of the molecule is CCCn1ccn(CC(=O)N2CCN(C)CC2)c1=O. The van der Waals surface area contributed by atoms with Crippen LogP contribution in [0.4, 0.5) is 0 Å². The van der Waals surface area contributed by atoms with Gasteiger partial charge in [0.15, 0.2) is 0 Å². The van der Waals surface area contributed by atoms with E-state index >= 15 is 0 Å². The largest absolute Gasteiger partial charge is 0.339 e. The maximum absolute atomic E-state index is 12.1. The molecule has 6 nitrogen and oxygen atoms in total. The molecule has 0 unspecified atom stereocenters. The molecule has 19 heavy (non-hydrogen) atoms. The minimum atomic E-state index is -0.0932. The van der Waals surface area contributed by atoms with Gasteiger partial charge in [0.05, 0.1) is 0 Å². The molecule has 1 saturated heterocycles. The van der Waals surface area contributed by atoms with Crippen molar-refractivity contribution in [3.05, 3.63) is 22.9 Å². The first kappa shape index (κ1) is 13.9. The summed E-state index contributed by atoms with van der Waals surface area (Å²) in [5.41, 5.74) is -0.0932. The Morgan fingerprint density at radius 1 is 1.16 bits per heavy atom. The summed E-state index contributed by atoms with van der Waals surface area (Å²) < 4.78 is 3.15. The molecule has 0 radical (unpaired) electrons. The van der Waals surface area contributed by atoms with Crippen LogP contribution in [0.15, 0.2) is 17.2 Å². The molecule has 0 saturated carbocycles. The van der Waals surface area contributed by atoms with E-state index in [1.165, 1.54) is 4.57 Å². The molecule has 1 amide bonds. The molecule has 106 valence electrons. The van der Waals surface area contributed by atoms with E-state index in [1.54, 1.807) is 17.0 Å². The van der Waals surface area contributed by atoms with Crippen molar-refractivity contribution in [1.82, 2.24) is 18.9 Å². The summed E-state index contributed by atoms with van der Waals surface area (Å²) in [5.74, 6) is 0.0319. The molecule has 6 heteroatoms. The first-order chi connectivity index (χ1) is 9.11. The minimum Gasteiger partial charge on any atom is -0.339 e. The van der Waals surface area contributed by atoms with Gasteiger partial charge in [-0.15, -0.1) is 0 Å². The van der Waals surface area contributed by atoms with Crippen molar-refractivity contribution in [2.45, 2.75) is 26.4 Å². The fraction of sp³-hybridized carbons (Fsp3) is 0.692. The second-order valence-corrected chi connectivity index (χ2v) is 5.09. The topological polar surface area (TPSA) is 50.5 Å². The third-order valence-corrected chi connectivity index (χ3v) is 3.54. The second kappa shape index (κ2) is 6.06. The van der Waals surface area contributed by atoms with Crippen LogP contribution in [0, 0.1) is 0 Å². The number of piperazine rings is 1. The van der Waals surface area contributed by atoms with Crippen molar-refractivity contribution < 1.29 is 4.79 Å². The van der Waals surface area contributed by atoms with E-state index < -0.39 is 0 Å². The molecule has 0 spiro atoms. The minimum absolute atomic E-state index is 0.0319. The fourth-order valence-corrected chi connectivity index (χ4v) is 2.29. The second-order valence-electron chi connectivity index (χ2n) is 5.09. The number of aryl methyl sites for hydroxylation is 1. The van der Waals surface area contributed by atoms with Gasteiger partial charge in [0, 0.05) is 45.1 Å². The quantitative estimate of drug-likeness (QED) is 0.760. The van der Waals surface area contributed by atoms with Gasteiger partial charge in [-0.2, -0.15) is 0 Å². The number of carbonyl (C=O) groups is 1. The van der Waals surface area contributed by atoms with Crippen LogP contribution in [0.3, 0.4) is 0 Å². The molecular weight excluding hydrogens is 244 g/mol. The van der Waals surface area contributed by atoms with Crippen LogP contribution in [0.5, 0.6) is 0 Å². The van der Waals surface area contributed by atoms with Crippen molar-refractivity contribution in [1.29, 1.82) is 0 Å². The van der Waals surface area contributed by atoms with Gasteiger partial charge >= 0.3 is 5.69 Å². The third-order valence-electron chi connectivity index (χ3n) is 3.54. The summed E-state index contributed by atoms with van der Waals surface area (Å²) >= 11 is 0. The Morgan fingerprint density at radius 3 is 2.42 bits per heavy atom. The summed E-state index contributed by atoms with van der Waals surface area (Å²) in [6.45, 7) is 6.18. The maximum Gasteiger partial charge on any atom is 0.328 e. The highest BCUT2D eigenvalue weighted by atomic mass is 16.2. The molecule has 1 aromatic rings. The number of aromatic nitrogens is 2. The molecule has 2 rings (SSSR count). The lowest BCUT2D eigenvalue weighted by atomic mass is 10.3. The molecule has 1 aliphatic heterocycles. The van der Waals surface area contributed by atoms with E-state index in [9.17, 15) is 9.59 Å². The number of rotatable bonds is 4. The van der Waals surface area contributed by atoms with Crippen molar-refractivity contribution in [2.75, 3.05) is 33.2 Å². The van der Waals surface area contributed by atoms with Crippen molar-refractivity contribution in [3.8, 4) is 0 Å². The highest BCUT2D eigenvalue weighted by molar-refractivity contribution is 5.76. The zero-order valence-corrected chi connectivity index (χ0v) is 11.7. The van der Waals surface area contributed by atoms with E-state index in [2.05, 4.69) is 11.9 Å². The molecule has 1 aliphatic rings. The smallest absolute Gasteiger partial charge is 0.328 e. The Labute approximate surface area is 113 Å². The highest BCUT2D eigenvalue weighted by Crippen LogP contribution is 2.01. The molecule has 1 aromatic heterocycles.